The van der Waals surface area contributed by atoms with E-state index in [1.165, 1.54) is 0 Å². The molecule has 7 heteroatoms. The maximum atomic E-state index is 12.2. The zero-order chi connectivity index (χ0) is 17.6. The molecule has 1 aromatic carbocycles. The van der Waals surface area contributed by atoms with E-state index in [4.69, 9.17) is 10.5 Å². The molecule has 0 heterocycles. The summed E-state index contributed by atoms with van der Waals surface area (Å²) in [4.78, 5) is 23.6. The van der Waals surface area contributed by atoms with Crippen molar-refractivity contribution in [2.24, 2.45) is 0 Å². The van der Waals surface area contributed by atoms with Crippen LogP contribution in [-0.4, -0.2) is 30.7 Å². The van der Waals surface area contributed by atoms with Gasteiger partial charge in [-0.3, -0.25) is 4.79 Å². The van der Waals surface area contributed by atoms with Crippen molar-refractivity contribution in [3.05, 3.63) is 27.7 Å². The summed E-state index contributed by atoms with van der Waals surface area (Å²) in [5.41, 5.74) is 7.18. The van der Waals surface area contributed by atoms with E-state index >= 15 is 0 Å². The zero-order valence-corrected chi connectivity index (χ0v) is 15.5. The second kappa shape index (κ2) is 8.19. The van der Waals surface area contributed by atoms with Crippen molar-refractivity contribution in [3.8, 4) is 0 Å². The number of nitrogen functional groups attached to an aromatic ring is 1. The summed E-state index contributed by atoms with van der Waals surface area (Å²) in [6.45, 7) is 8.09. The standard InChI is InChI=1S/C16H24BrN3O3/c1-10-12(8-11(17)9-13(10)18)14(21)19-6-5-7-20-15(22)23-16(2,3)4/h8-9H,5-7,18H2,1-4H3,(H,19,21)(H,20,22). The van der Waals surface area contributed by atoms with Gasteiger partial charge in [0.05, 0.1) is 0 Å². The Balaban J connectivity index is 2.37. The quantitative estimate of drug-likeness (QED) is 0.536. The van der Waals surface area contributed by atoms with Gasteiger partial charge in [0.1, 0.15) is 5.60 Å². The minimum absolute atomic E-state index is 0.187. The topological polar surface area (TPSA) is 93.5 Å². The van der Waals surface area contributed by atoms with Crippen LogP contribution in [0.3, 0.4) is 0 Å². The van der Waals surface area contributed by atoms with Gasteiger partial charge in [-0.2, -0.15) is 0 Å². The molecule has 0 aliphatic rings. The van der Waals surface area contributed by atoms with E-state index in [0.29, 0.717) is 30.8 Å². The number of nitrogens with one attached hydrogen (secondary N) is 2. The highest BCUT2D eigenvalue weighted by Gasteiger charge is 2.15. The number of halogens is 1. The van der Waals surface area contributed by atoms with Crippen LogP contribution in [0.25, 0.3) is 0 Å². The lowest BCUT2D eigenvalue weighted by molar-refractivity contribution is 0.0527. The van der Waals surface area contributed by atoms with Gasteiger partial charge in [0.15, 0.2) is 0 Å². The summed E-state index contributed by atoms with van der Waals surface area (Å²) < 4.78 is 5.88. The molecule has 0 fully saturated rings. The van der Waals surface area contributed by atoms with Crippen LogP contribution in [0.5, 0.6) is 0 Å². The maximum Gasteiger partial charge on any atom is 0.407 e. The smallest absolute Gasteiger partial charge is 0.407 e. The molecule has 0 radical (unpaired) electrons. The van der Waals surface area contributed by atoms with Gasteiger partial charge < -0.3 is 21.1 Å². The molecule has 0 atom stereocenters. The third kappa shape index (κ3) is 6.90. The zero-order valence-electron chi connectivity index (χ0n) is 14.0. The number of rotatable bonds is 5. The van der Waals surface area contributed by atoms with Crippen LogP contribution in [0.1, 0.15) is 43.1 Å². The molecular formula is C16H24BrN3O3. The first-order chi connectivity index (χ1) is 10.6. The normalized spacial score (nSPS) is 11.0. The highest BCUT2D eigenvalue weighted by Crippen LogP contribution is 2.22. The van der Waals surface area contributed by atoms with Crippen LogP contribution in [-0.2, 0) is 4.74 Å². The molecular weight excluding hydrogens is 362 g/mol. The van der Waals surface area contributed by atoms with E-state index in [0.717, 1.165) is 10.0 Å². The van der Waals surface area contributed by atoms with Crippen LogP contribution >= 0.6 is 15.9 Å². The summed E-state index contributed by atoms with van der Waals surface area (Å²) in [6.07, 6.45) is 0.146. The average Bonchev–Trinajstić information content (AvgIpc) is 2.40. The van der Waals surface area contributed by atoms with Crippen molar-refractivity contribution < 1.29 is 14.3 Å². The fourth-order valence-corrected chi connectivity index (χ4v) is 2.30. The van der Waals surface area contributed by atoms with Crippen molar-refractivity contribution in [3.63, 3.8) is 0 Å². The van der Waals surface area contributed by atoms with E-state index in [9.17, 15) is 9.59 Å². The van der Waals surface area contributed by atoms with Crippen LogP contribution in [0.15, 0.2) is 16.6 Å². The molecule has 0 aliphatic heterocycles. The lowest BCUT2D eigenvalue weighted by Crippen LogP contribution is -2.34. The summed E-state index contributed by atoms with van der Waals surface area (Å²) in [5.74, 6) is -0.187. The van der Waals surface area contributed by atoms with Gasteiger partial charge >= 0.3 is 6.09 Å². The second-order valence-electron chi connectivity index (χ2n) is 6.21. The van der Waals surface area contributed by atoms with Gasteiger partial charge in [-0.25, -0.2) is 4.79 Å². The first-order valence-electron chi connectivity index (χ1n) is 7.41. The molecule has 23 heavy (non-hydrogen) atoms. The van der Waals surface area contributed by atoms with Crippen LogP contribution < -0.4 is 16.4 Å². The van der Waals surface area contributed by atoms with Gasteiger partial charge in [0.25, 0.3) is 5.91 Å². The van der Waals surface area contributed by atoms with E-state index in [1.807, 2.05) is 0 Å². The molecule has 1 aromatic rings. The Labute approximate surface area is 145 Å². The number of ether oxygens (including phenoxy) is 1. The molecule has 2 amide bonds. The Hall–Kier alpha value is -1.76. The fraction of sp³-hybridized carbons (Fsp3) is 0.500. The Morgan fingerprint density at radius 3 is 2.43 bits per heavy atom. The largest absolute Gasteiger partial charge is 0.444 e. The second-order valence-corrected chi connectivity index (χ2v) is 7.12. The lowest BCUT2D eigenvalue weighted by Gasteiger charge is -2.19. The molecule has 0 aliphatic carbocycles. The minimum atomic E-state index is -0.517. The first kappa shape index (κ1) is 19.3. The Bertz CT molecular complexity index is 583. The van der Waals surface area contributed by atoms with E-state index in [-0.39, 0.29) is 5.91 Å². The predicted molar refractivity (Wildman–Crippen MR) is 94.5 cm³/mol. The van der Waals surface area contributed by atoms with Gasteiger partial charge in [-0.1, -0.05) is 15.9 Å². The number of amides is 2. The molecule has 128 valence electrons. The van der Waals surface area contributed by atoms with Gasteiger partial charge in [0.2, 0.25) is 0 Å². The summed E-state index contributed by atoms with van der Waals surface area (Å²) in [5, 5.41) is 5.45. The van der Waals surface area contributed by atoms with Crippen molar-refractivity contribution in [1.29, 1.82) is 0 Å². The Kier molecular flexibility index (Phi) is 6.87. The van der Waals surface area contributed by atoms with E-state index in [2.05, 4.69) is 26.6 Å². The van der Waals surface area contributed by atoms with Crippen LogP contribution in [0.4, 0.5) is 10.5 Å². The number of hydrogen-bond donors (Lipinski definition) is 3. The third-order valence-electron chi connectivity index (χ3n) is 2.96. The van der Waals surface area contributed by atoms with Gasteiger partial charge in [-0.15, -0.1) is 0 Å². The highest BCUT2D eigenvalue weighted by molar-refractivity contribution is 9.10. The molecule has 6 nitrogen and oxygen atoms in total. The van der Waals surface area contributed by atoms with Crippen molar-refractivity contribution in [2.45, 2.75) is 39.7 Å². The number of carbonyl (C=O) groups excluding carboxylic acids is 2. The van der Waals surface area contributed by atoms with Crippen molar-refractivity contribution in [1.82, 2.24) is 10.6 Å². The molecule has 0 bridgehead atoms. The van der Waals surface area contributed by atoms with E-state index in [1.54, 1.807) is 39.8 Å². The predicted octanol–water partition coefficient (Wildman–Crippen LogP) is 2.98. The monoisotopic (exact) mass is 385 g/mol. The average molecular weight is 386 g/mol. The van der Waals surface area contributed by atoms with Crippen molar-refractivity contribution >= 4 is 33.6 Å². The molecule has 4 N–H and O–H groups in total. The number of carbonyl (C=O) groups is 2. The summed E-state index contributed by atoms with van der Waals surface area (Å²) in [6, 6.07) is 3.50. The minimum Gasteiger partial charge on any atom is -0.444 e. The molecule has 0 unspecified atom stereocenters. The maximum absolute atomic E-state index is 12.2. The third-order valence-corrected chi connectivity index (χ3v) is 3.42. The van der Waals surface area contributed by atoms with Gasteiger partial charge in [0, 0.05) is 28.8 Å². The molecule has 0 saturated heterocycles. The van der Waals surface area contributed by atoms with E-state index < -0.39 is 11.7 Å². The van der Waals surface area contributed by atoms with Crippen LogP contribution in [0, 0.1) is 6.92 Å². The molecule has 1 rings (SSSR count). The molecule has 0 saturated carbocycles. The number of alkyl carbamates (subject to hydrolysis) is 1. The highest BCUT2D eigenvalue weighted by atomic mass is 79.9. The van der Waals surface area contributed by atoms with Crippen molar-refractivity contribution in [2.75, 3.05) is 18.8 Å². The Morgan fingerprint density at radius 1 is 1.22 bits per heavy atom. The number of anilines is 1. The lowest BCUT2D eigenvalue weighted by atomic mass is 10.1. The number of hydrogen-bond acceptors (Lipinski definition) is 4. The molecule has 0 aromatic heterocycles. The summed E-state index contributed by atoms with van der Waals surface area (Å²) in [7, 11) is 0. The number of nitrogens with two attached hydrogens (primary N) is 1. The summed E-state index contributed by atoms with van der Waals surface area (Å²) >= 11 is 3.33. The Morgan fingerprint density at radius 2 is 1.83 bits per heavy atom. The molecule has 0 spiro atoms. The van der Waals surface area contributed by atoms with Crippen LogP contribution in [0.2, 0.25) is 0 Å². The fourth-order valence-electron chi connectivity index (χ4n) is 1.83. The first-order valence-corrected chi connectivity index (χ1v) is 8.20. The number of benzene rings is 1. The SMILES string of the molecule is Cc1c(N)cc(Br)cc1C(=O)NCCCNC(=O)OC(C)(C)C. The van der Waals surface area contributed by atoms with Gasteiger partial charge in [-0.05, 0) is 51.8 Å².